The van der Waals surface area contributed by atoms with Gasteiger partial charge in [0.15, 0.2) is 0 Å². The molecule has 0 heterocycles. The minimum atomic E-state index is -3.59. The molecule has 2 N–H and O–H groups in total. The maximum atomic E-state index is 12.5. The maximum absolute atomic E-state index is 12.5. The van der Waals surface area contributed by atoms with Gasteiger partial charge in [-0.1, -0.05) is 31.4 Å². The molecule has 0 bridgehead atoms. The first-order valence-corrected chi connectivity index (χ1v) is 9.39. The number of carboxylic acids is 1. The van der Waals surface area contributed by atoms with Crippen LogP contribution in [0.1, 0.15) is 44.1 Å². The second-order valence-electron chi connectivity index (χ2n) is 6.01. The van der Waals surface area contributed by atoms with Gasteiger partial charge in [-0.15, -0.1) is 0 Å². The molecular formula is C16H24N2O4S. The van der Waals surface area contributed by atoms with E-state index in [1.54, 1.807) is 31.3 Å². The summed E-state index contributed by atoms with van der Waals surface area (Å²) >= 11 is 0. The summed E-state index contributed by atoms with van der Waals surface area (Å²) in [6.45, 7) is 0. The fourth-order valence-electron chi connectivity index (χ4n) is 2.90. The lowest BCUT2D eigenvalue weighted by molar-refractivity contribution is -0.136. The summed E-state index contributed by atoms with van der Waals surface area (Å²) in [5.74, 6) is -0.868. The molecule has 23 heavy (non-hydrogen) atoms. The van der Waals surface area contributed by atoms with Gasteiger partial charge in [0, 0.05) is 19.5 Å². The molecule has 0 unspecified atom stereocenters. The standard InChI is InChI=1S/C16H24N2O4S/c1-18(15-8-3-2-4-9-15)23(21,22)17-14-7-5-6-13(12-14)10-11-16(19)20/h5-7,12,15,17H,2-4,8-11H2,1H3,(H,19,20). The molecule has 0 aromatic heterocycles. The molecule has 1 saturated carbocycles. The van der Waals surface area contributed by atoms with Crippen molar-refractivity contribution in [3.05, 3.63) is 29.8 Å². The number of hydrogen-bond donors (Lipinski definition) is 2. The van der Waals surface area contributed by atoms with Crippen LogP contribution in [0, 0.1) is 0 Å². The number of carboxylic acid groups (broad SMARTS) is 1. The second kappa shape index (κ2) is 7.79. The van der Waals surface area contributed by atoms with Gasteiger partial charge in [-0.25, -0.2) is 0 Å². The van der Waals surface area contributed by atoms with Crippen LogP contribution in [0.15, 0.2) is 24.3 Å². The first-order valence-electron chi connectivity index (χ1n) is 7.95. The van der Waals surface area contributed by atoms with E-state index >= 15 is 0 Å². The highest BCUT2D eigenvalue weighted by molar-refractivity contribution is 7.90. The molecule has 128 valence electrons. The van der Waals surface area contributed by atoms with E-state index in [-0.39, 0.29) is 12.5 Å². The Labute approximate surface area is 137 Å². The van der Waals surface area contributed by atoms with Crippen molar-refractivity contribution in [1.82, 2.24) is 4.31 Å². The Kier molecular flexibility index (Phi) is 6.01. The Bertz CT molecular complexity index is 639. The lowest BCUT2D eigenvalue weighted by atomic mass is 9.96. The summed E-state index contributed by atoms with van der Waals surface area (Å²) in [5, 5.41) is 8.73. The molecule has 2 rings (SSSR count). The molecule has 0 atom stereocenters. The van der Waals surface area contributed by atoms with Gasteiger partial charge < -0.3 is 5.11 Å². The first kappa shape index (κ1) is 17.7. The maximum Gasteiger partial charge on any atom is 0.303 e. The van der Waals surface area contributed by atoms with Crippen molar-refractivity contribution >= 4 is 21.9 Å². The van der Waals surface area contributed by atoms with E-state index in [1.807, 2.05) is 0 Å². The van der Waals surface area contributed by atoms with Crippen molar-refractivity contribution in [2.45, 2.75) is 51.0 Å². The number of rotatable bonds is 7. The van der Waals surface area contributed by atoms with Crippen molar-refractivity contribution < 1.29 is 18.3 Å². The van der Waals surface area contributed by atoms with Gasteiger partial charge in [0.1, 0.15) is 0 Å². The lowest BCUT2D eigenvalue weighted by Gasteiger charge is -2.30. The smallest absolute Gasteiger partial charge is 0.303 e. The second-order valence-corrected chi connectivity index (χ2v) is 7.74. The van der Waals surface area contributed by atoms with Gasteiger partial charge in [0.25, 0.3) is 0 Å². The van der Waals surface area contributed by atoms with Gasteiger partial charge in [0.2, 0.25) is 0 Å². The van der Waals surface area contributed by atoms with Crippen LogP contribution in [0.5, 0.6) is 0 Å². The molecule has 6 nitrogen and oxygen atoms in total. The van der Waals surface area contributed by atoms with Gasteiger partial charge in [0.05, 0.1) is 5.69 Å². The highest BCUT2D eigenvalue weighted by Crippen LogP contribution is 2.24. The van der Waals surface area contributed by atoms with Crippen LogP contribution >= 0.6 is 0 Å². The monoisotopic (exact) mass is 340 g/mol. The molecule has 1 aromatic carbocycles. The zero-order valence-corrected chi connectivity index (χ0v) is 14.2. The van der Waals surface area contributed by atoms with E-state index in [0.717, 1.165) is 31.2 Å². The number of aliphatic carboxylic acids is 1. The van der Waals surface area contributed by atoms with Crippen LogP contribution < -0.4 is 4.72 Å². The predicted octanol–water partition coefficient (Wildman–Crippen LogP) is 2.62. The van der Waals surface area contributed by atoms with Crippen LogP contribution in [0.4, 0.5) is 5.69 Å². The molecule has 0 aliphatic heterocycles. The Morgan fingerprint density at radius 1 is 1.30 bits per heavy atom. The van der Waals surface area contributed by atoms with Gasteiger partial charge in [-0.05, 0) is 37.0 Å². The third kappa shape index (κ3) is 5.21. The van der Waals surface area contributed by atoms with E-state index in [0.29, 0.717) is 12.1 Å². The van der Waals surface area contributed by atoms with E-state index in [2.05, 4.69) is 4.72 Å². The molecular weight excluding hydrogens is 316 g/mol. The summed E-state index contributed by atoms with van der Waals surface area (Å²) < 4.78 is 29.0. The van der Waals surface area contributed by atoms with E-state index in [9.17, 15) is 13.2 Å². The van der Waals surface area contributed by atoms with Crippen LogP contribution in [0.25, 0.3) is 0 Å². The Balaban J connectivity index is 2.04. The van der Waals surface area contributed by atoms with Crippen LogP contribution in [-0.2, 0) is 21.4 Å². The van der Waals surface area contributed by atoms with Gasteiger partial charge >= 0.3 is 16.2 Å². The van der Waals surface area contributed by atoms with Crippen molar-refractivity contribution in [2.24, 2.45) is 0 Å². The molecule has 1 aliphatic carbocycles. The Hall–Kier alpha value is -1.60. The number of nitrogens with one attached hydrogen (secondary N) is 1. The predicted molar refractivity (Wildman–Crippen MR) is 89.6 cm³/mol. The summed E-state index contributed by atoms with van der Waals surface area (Å²) in [5.41, 5.74) is 1.27. The number of carbonyl (C=O) groups is 1. The SMILES string of the molecule is CN(C1CCCCC1)S(=O)(=O)Nc1cccc(CCC(=O)O)c1. The molecule has 0 radical (unpaired) electrons. The minimum Gasteiger partial charge on any atom is -0.481 e. The lowest BCUT2D eigenvalue weighted by Crippen LogP contribution is -2.41. The third-order valence-corrected chi connectivity index (χ3v) is 5.82. The van der Waals surface area contributed by atoms with Gasteiger partial charge in [-0.2, -0.15) is 12.7 Å². The molecule has 1 fully saturated rings. The highest BCUT2D eigenvalue weighted by atomic mass is 32.2. The highest BCUT2D eigenvalue weighted by Gasteiger charge is 2.27. The Morgan fingerprint density at radius 3 is 2.65 bits per heavy atom. The average Bonchev–Trinajstić information content (AvgIpc) is 2.53. The number of hydrogen-bond acceptors (Lipinski definition) is 3. The summed E-state index contributed by atoms with van der Waals surface area (Å²) in [6, 6.07) is 6.95. The normalized spacial score (nSPS) is 16.4. The number of benzene rings is 1. The van der Waals surface area contributed by atoms with Crippen molar-refractivity contribution in [1.29, 1.82) is 0 Å². The third-order valence-electron chi connectivity index (χ3n) is 4.27. The summed E-state index contributed by atoms with van der Waals surface area (Å²) in [4.78, 5) is 10.6. The van der Waals surface area contributed by atoms with Crippen LogP contribution in [-0.4, -0.2) is 36.9 Å². The van der Waals surface area contributed by atoms with E-state index in [1.165, 1.54) is 10.7 Å². The van der Waals surface area contributed by atoms with Crippen LogP contribution in [0.3, 0.4) is 0 Å². The molecule has 1 aromatic rings. The molecule has 0 saturated heterocycles. The molecule has 1 aliphatic rings. The summed E-state index contributed by atoms with van der Waals surface area (Å²) in [6.07, 6.45) is 5.50. The van der Waals surface area contributed by atoms with E-state index in [4.69, 9.17) is 5.11 Å². The zero-order chi connectivity index (χ0) is 16.9. The minimum absolute atomic E-state index is 0.0260. The quantitative estimate of drug-likeness (QED) is 0.799. The largest absolute Gasteiger partial charge is 0.481 e. The Morgan fingerprint density at radius 2 is 2.00 bits per heavy atom. The van der Waals surface area contributed by atoms with Crippen molar-refractivity contribution in [3.63, 3.8) is 0 Å². The number of anilines is 1. The first-order chi connectivity index (χ1) is 10.9. The van der Waals surface area contributed by atoms with Gasteiger partial charge in [-0.3, -0.25) is 9.52 Å². The molecule has 7 heteroatoms. The van der Waals surface area contributed by atoms with Crippen molar-refractivity contribution in [2.75, 3.05) is 11.8 Å². The molecule has 0 amide bonds. The summed E-state index contributed by atoms with van der Waals surface area (Å²) in [7, 11) is -1.98. The van der Waals surface area contributed by atoms with E-state index < -0.39 is 16.2 Å². The number of nitrogens with zero attached hydrogens (tertiary/aromatic N) is 1. The van der Waals surface area contributed by atoms with Crippen molar-refractivity contribution in [3.8, 4) is 0 Å². The van der Waals surface area contributed by atoms with Crippen LogP contribution in [0.2, 0.25) is 0 Å². The molecule has 0 spiro atoms. The average molecular weight is 340 g/mol. The fraction of sp³-hybridized carbons (Fsp3) is 0.562. The fourth-order valence-corrected chi connectivity index (χ4v) is 4.08. The topological polar surface area (TPSA) is 86.7 Å². The zero-order valence-electron chi connectivity index (χ0n) is 13.4. The number of aryl methyl sites for hydroxylation is 1.